The van der Waals surface area contributed by atoms with E-state index in [9.17, 15) is 0 Å². The standard InChI is InChI=1S/C12H15N3S/c1-15-7-6-9(14-15)10-4-5-11(16-10)12(13)8-2-3-8/h4-8,12H,2-3,13H2,1H3. The number of aryl methyl sites for hydroxylation is 1. The highest BCUT2D eigenvalue weighted by Gasteiger charge is 2.30. The quantitative estimate of drug-likeness (QED) is 0.885. The van der Waals surface area contributed by atoms with Gasteiger partial charge in [0.15, 0.2) is 0 Å². The molecule has 1 aliphatic rings. The molecule has 0 bridgehead atoms. The third-order valence-corrected chi connectivity index (χ3v) is 4.26. The van der Waals surface area contributed by atoms with E-state index in [4.69, 9.17) is 5.73 Å². The molecule has 3 rings (SSSR count). The molecule has 0 aromatic carbocycles. The molecule has 2 N–H and O–H groups in total. The summed E-state index contributed by atoms with van der Waals surface area (Å²) < 4.78 is 1.83. The molecule has 2 aromatic rings. The van der Waals surface area contributed by atoms with Crippen LogP contribution in [0.15, 0.2) is 24.4 Å². The molecule has 0 saturated heterocycles. The van der Waals surface area contributed by atoms with Crippen molar-refractivity contribution in [2.24, 2.45) is 18.7 Å². The van der Waals surface area contributed by atoms with Gasteiger partial charge in [0, 0.05) is 24.2 Å². The Kier molecular flexibility index (Phi) is 2.33. The van der Waals surface area contributed by atoms with Crippen molar-refractivity contribution < 1.29 is 0 Å². The van der Waals surface area contributed by atoms with E-state index in [1.807, 2.05) is 24.0 Å². The van der Waals surface area contributed by atoms with E-state index in [-0.39, 0.29) is 6.04 Å². The largest absolute Gasteiger partial charge is 0.323 e. The first-order valence-corrected chi connectivity index (χ1v) is 6.41. The number of thiophene rings is 1. The maximum absolute atomic E-state index is 6.18. The van der Waals surface area contributed by atoms with Crippen LogP contribution in [0.3, 0.4) is 0 Å². The maximum Gasteiger partial charge on any atom is 0.102 e. The van der Waals surface area contributed by atoms with E-state index in [0.29, 0.717) is 0 Å². The summed E-state index contributed by atoms with van der Waals surface area (Å²) in [5.41, 5.74) is 7.22. The second-order valence-electron chi connectivity index (χ2n) is 4.44. The van der Waals surface area contributed by atoms with Crippen LogP contribution in [0.25, 0.3) is 10.6 Å². The summed E-state index contributed by atoms with van der Waals surface area (Å²) in [5.74, 6) is 0.718. The van der Waals surface area contributed by atoms with Gasteiger partial charge in [-0.05, 0) is 37.0 Å². The van der Waals surface area contributed by atoms with E-state index >= 15 is 0 Å². The molecule has 16 heavy (non-hydrogen) atoms. The summed E-state index contributed by atoms with van der Waals surface area (Å²) >= 11 is 1.77. The van der Waals surface area contributed by atoms with Crippen molar-refractivity contribution in [3.8, 4) is 10.6 Å². The highest BCUT2D eigenvalue weighted by molar-refractivity contribution is 7.15. The molecule has 0 radical (unpaired) electrons. The minimum Gasteiger partial charge on any atom is -0.323 e. The summed E-state index contributed by atoms with van der Waals surface area (Å²) in [5, 5.41) is 4.40. The number of hydrogen-bond donors (Lipinski definition) is 1. The van der Waals surface area contributed by atoms with Gasteiger partial charge in [-0.1, -0.05) is 0 Å². The fourth-order valence-electron chi connectivity index (χ4n) is 1.90. The Morgan fingerprint density at radius 1 is 1.44 bits per heavy atom. The van der Waals surface area contributed by atoms with Crippen LogP contribution < -0.4 is 5.73 Å². The average Bonchev–Trinajstić information content (AvgIpc) is 2.84. The highest BCUT2D eigenvalue weighted by atomic mass is 32.1. The van der Waals surface area contributed by atoms with Gasteiger partial charge < -0.3 is 5.73 Å². The lowest BCUT2D eigenvalue weighted by Gasteiger charge is -2.05. The lowest BCUT2D eigenvalue weighted by Crippen LogP contribution is -2.10. The molecule has 0 aliphatic heterocycles. The monoisotopic (exact) mass is 233 g/mol. The Balaban J connectivity index is 1.86. The van der Waals surface area contributed by atoms with Crippen LogP contribution in [0, 0.1) is 5.92 Å². The summed E-state index contributed by atoms with van der Waals surface area (Å²) in [7, 11) is 1.94. The average molecular weight is 233 g/mol. The van der Waals surface area contributed by atoms with Gasteiger partial charge in [-0.15, -0.1) is 11.3 Å². The minimum atomic E-state index is 0.238. The summed E-state index contributed by atoms with van der Waals surface area (Å²) in [4.78, 5) is 2.51. The van der Waals surface area contributed by atoms with Crippen LogP contribution in [0.1, 0.15) is 23.8 Å². The van der Waals surface area contributed by atoms with Crippen LogP contribution in [0.2, 0.25) is 0 Å². The first kappa shape index (κ1) is 10.1. The normalized spacial score (nSPS) is 17.6. The van der Waals surface area contributed by atoms with Crippen molar-refractivity contribution in [2.45, 2.75) is 18.9 Å². The lowest BCUT2D eigenvalue weighted by atomic mass is 10.1. The van der Waals surface area contributed by atoms with Crippen LogP contribution in [0.4, 0.5) is 0 Å². The highest BCUT2D eigenvalue weighted by Crippen LogP contribution is 2.42. The molecule has 84 valence electrons. The Morgan fingerprint density at radius 2 is 2.25 bits per heavy atom. The molecule has 1 unspecified atom stereocenters. The number of hydrogen-bond acceptors (Lipinski definition) is 3. The van der Waals surface area contributed by atoms with Crippen molar-refractivity contribution >= 4 is 11.3 Å². The maximum atomic E-state index is 6.18. The third kappa shape index (κ3) is 1.79. The van der Waals surface area contributed by atoms with Gasteiger partial charge >= 0.3 is 0 Å². The molecule has 1 atom stereocenters. The van der Waals surface area contributed by atoms with Crippen LogP contribution in [-0.4, -0.2) is 9.78 Å². The van der Waals surface area contributed by atoms with Gasteiger partial charge in [0.05, 0.1) is 4.88 Å². The zero-order valence-electron chi connectivity index (χ0n) is 9.26. The van der Waals surface area contributed by atoms with Crippen molar-refractivity contribution in [3.63, 3.8) is 0 Å². The Morgan fingerprint density at radius 3 is 2.88 bits per heavy atom. The van der Waals surface area contributed by atoms with Crippen molar-refractivity contribution in [1.82, 2.24) is 9.78 Å². The third-order valence-electron chi connectivity index (χ3n) is 3.05. The lowest BCUT2D eigenvalue weighted by molar-refractivity contribution is 0.645. The zero-order chi connectivity index (χ0) is 11.1. The molecule has 0 amide bonds. The SMILES string of the molecule is Cn1ccc(-c2ccc(C(N)C3CC3)s2)n1. The molecule has 4 heteroatoms. The topological polar surface area (TPSA) is 43.8 Å². The van der Waals surface area contributed by atoms with Crippen LogP contribution in [-0.2, 0) is 7.05 Å². The number of aromatic nitrogens is 2. The molecular formula is C12H15N3S. The Bertz CT molecular complexity index is 496. The summed E-state index contributed by atoms with van der Waals surface area (Å²) in [6.45, 7) is 0. The van der Waals surface area contributed by atoms with Gasteiger partial charge in [-0.2, -0.15) is 5.10 Å². The predicted molar refractivity (Wildman–Crippen MR) is 66.2 cm³/mol. The fraction of sp³-hybridized carbons (Fsp3) is 0.417. The van der Waals surface area contributed by atoms with E-state index in [1.54, 1.807) is 11.3 Å². The van der Waals surface area contributed by atoms with Gasteiger partial charge in [-0.3, -0.25) is 4.68 Å². The molecule has 3 nitrogen and oxygen atoms in total. The fourth-order valence-corrected chi connectivity index (χ4v) is 2.97. The van der Waals surface area contributed by atoms with E-state index < -0.39 is 0 Å². The smallest absolute Gasteiger partial charge is 0.102 e. The zero-order valence-corrected chi connectivity index (χ0v) is 10.1. The molecule has 1 saturated carbocycles. The second kappa shape index (κ2) is 3.71. The van der Waals surface area contributed by atoms with E-state index in [0.717, 1.165) is 11.6 Å². The minimum absolute atomic E-state index is 0.238. The number of nitrogens with zero attached hydrogens (tertiary/aromatic N) is 2. The van der Waals surface area contributed by atoms with Crippen LogP contribution >= 0.6 is 11.3 Å². The first-order valence-electron chi connectivity index (χ1n) is 5.59. The molecule has 1 aliphatic carbocycles. The summed E-state index contributed by atoms with van der Waals surface area (Å²) in [6, 6.07) is 6.56. The number of rotatable bonds is 3. The van der Waals surface area contributed by atoms with Crippen molar-refractivity contribution in [3.05, 3.63) is 29.3 Å². The first-order chi connectivity index (χ1) is 7.74. The molecule has 1 fully saturated rings. The van der Waals surface area contributed by atoms with Crippen molar-refractivity contribution in [2.75, 3.05) is 0 Å². The van der Waals surface area contributed by atoms with E-state index in [1.165, 1.54) is 22.6 Å². The molecule has 2 heterocycles. The Labute approximate surface area is 98.9 Å². The van der Waals surface area contributed by atoms with Crippen LogP contribution in [0.5, 0.6) is 0 Å². The molecular weight excluding hydrogens is 218 g/mol. The van der Waals surface area contributed by atoms with Gasteiger partial charge in [-0.25, -0.2) is 0 Å². The van der Waals surface area contributed by atoms with E-state index in [2.05, 4.69) is 17.2 Å². The summed E-state index contributed by atoms with van der Waals surface area (Å²) in [6.07, 6.45) is 4.55. The van der Waals surface area contributed by atoms with Gasteiger partial charge in [0.2, 0.25) is 0 Å². The Hall–Kier alpha value is -1.13. The number of nitrogens with two attached hydrogens (primary N) is 1. The predicted octanol–water partition coefficient (Wildman–Crippen LogP) is 2.56. The second-order valence-corrected chi connectivity index (χ2v) is 5.56. The molecule has 0 spiro atoms. The molecule has 2 aromatic heterocycles. The van der Waals surface area contributed by atoms with Gasteiger partial charge in [0.1, 0.15) is 5.69 Å². The van der Waals surface area contributed by atoms with Crippen molar-refractivity contribution in [1.29, 1.82) is 0 Å². The van der Waals surface area contributed by atoms with Gasteiger partial charge in [0.25, 0.3) is 0 Å².